The lowest BCUT2D eigenvalue weighted by Crippen LogP contribution is -2.14. The van der Waals surface area contributed by atoms with Crippen LogP contribution in [0.25, 0.3) is 0 Å². The average Bonchev–Trinajstić information content (AvgIpc) is 2.34. The van der Waals surface area contributed by atoms with Gasteiger partial charge in [0.15, 0.2) is 0 Å². The summed E-state index contributed by atoms with van der Waals surface area (Å²) in [5.41, 5.74) is -0.0713. The highest BCUT2D eigenvalue weighted by Gasteiger charge is 2.09. The fraction of sp³-hybridized carbons (Fsp3) is 0.0714. The Morgan fingerprint density at radius 2 is 2.32 bits per heavy atom. The maximum Gasteiger partial charge on any atom is 0.417 e. The fourth-order valence-corrected chi connectivity index (χ4v) is 1.37. The largest absolute Gasteiger partial charge is 0.417 e. The van der Waals surface area contributed by atoms with Crippen LogP contribution in [-0.2, 0) is 4.74 Å². The van der Waals surface area contributed by atoms with Gasteiger partial charge < -0.3 is 4.74 Å². The third-order valence-corrected chi connectivity index (χ3v) is 2.17. The van der Waals surface area contributed by atoms with Gasteiger partial charge in [0.05, 0.1) is 5.69 Å². The van der Waals surface area contributed by atoms with Crippen LogP contribution in [0.1, 0.15) is 6.92 Å². The molecule has 0 atom stereocenters. The topological polar surface area (TPSA) is 38.3 Å². The number of anilines is 1. The minimum Gasteiger partial charge on any atom is -0.409 e. The van der Waals surface area contributed by atoms with E-state index in [1.165, 1.54) is 24.3 Å². The van der Waals surface area contributed by atoms with Crippen LogP contribution in [0.2, 0.25) is 5.02 Å². The van der Waals surface area contributed by atoms with Crippen LogP contribution in [0.15, 0.2) is 42.2 Å². The van der Waals surface area contributed by atoms with E-state index in [4.69, 9.17) is 22.8 Å². The van der Waals surface area contributed by atoms with Crippen molar-refractivity contribution in [3.05, 3.63) is 53.0 Å². The first-order valence-electron chi connectivity index (χ1n) is 5.29. The summed E-state index contributed by atoms with van der Waals surface area (Å²) in [4.78, 5) is 11.5. The molecular formula is C14H11ClFNO2. The van der Waals surface area contributed by atoms with E-state index < -0.39 is 11.9 Å². The number of benzene rings is 1. The van der Waals surface area contributed by atoms with Gasteiger partial charge in [-0.3, -0.25) is 5.32 Å². The van der Waals surface area contributed by atoms with Crippen molar-refractivity contribution in [1.29, 1.82) is 0 Å². The van der Waals surface area contributed by atoms with Gasteiger partial charge in [-0.15, -0.1) is 6.42 Å². The van der Waals surface area contributed by atoms with Gasteiger partial charge in [-0.25, -0.2) is 9.18 Å². The minimum absolute atomic E-state index is 0.0713. The third kappa shape index (κ3) is 4.86. The van der Waals surface area contributed by atoms with Crippen molar-refractivity contribution in [2.24, 2.45) is 0 Å². The van der Waals surface area contributed by atoms with Crippen LogP contribution in [-0.4, -0.2) is 6.09 Å². The molecule has 19 heavy (non-hydrogen) atoms. The Morgan fingerprint density at radius 3 is 2.95 bits per heavy atom. The number of halogens is 2. The molecule has 0 radical (unpaired) electrons. The predicted molar refractivity (Wildman–Crippen MR) is 73.2 cm³/mol. The Balaban J connectivity index is 2.78. The normalized spacial score (nSPS) is 11.2. The minimum atomic E-state index is -0.860. The lowest BCUT2D eigenvalue weighted by molar-refractivity contribution is 0.194. The molecular weight excluding hydrogens is 269 g/mol. The molecule has 1 rings (SSSR count). The molecule has 98 valence electrons. The molecule has 1 aromatic rings. The highest BCUT2D eigenvalue weighted by Crippen LogP contribution is 2.19. The number of hydrogen-bond acceptors (Lipinski definition) is 2. The van der Waals surface area contributed by atoms with Gasteiger partial charge in [0, 0.05) is 11.1 Å². The Bertz CT molecular complexity index is 573. The molecule has 0 aliphatic heterocycles. The molecule has 1 amide bonds. The van der Waals surface area contributed by atoms with Crippen molar-refractivity contribution in [1.82, 2.24) is 0 Å². The summed E-state index contributed by atoms with van der Waals surface area (Å²) in [6.07, 6.45) is 8.65. The zero-order valence-electron chi connectivity index (χ0n) is 10.1. The Hall–Kier alpha value is -2.25. The molecule has 3 nitrogen and oxygen atoms in total. The van der Waals surface area contributed by atoms with E-state index in [0.29, 0.717) is 5.02 Å². The molecule has 0 heterocycles. The standard InChI is InChI=1S/C14H11ClFNO2/c1-3-5-11(6-4-2)19-14(18)17-13-9-10(15)7-8-12(13)16/h1,4-9H,2H3,(H,17,18). The highest BCUT2D eigenvalue weighted by atomic mass is 35.5. The average molecular weight is 280 g/mol. The van der Waals surface area contributed by atoms with Crippen molar-refractivity contribution >= 4 is 23.4 Å². The van der Waals surface area contributed by atoms with Crippen LogP contribution in [0, 0.1) is 18.2 Å². The molecule has 0 aromatic heterocycles. The van der Waals surface area contributed by atoms with E-state index in [0.717, 1.165) is 6.07 Å². The van der Waals surface area contributed by atoms with Gasteiger partial charge in [0.1, 0.15) is 11.6 Å². The zero-order chi connectivity index (χ0) is 14.3. The van der Waals surface area contributed by atoms with Gasteiger partial charge in [-0.1, -0.05) is 23.6 Å². The smallest absolute Gasteiger partial charge is 0.409 e. The Kier molecular flexibility index (Phi) is 5.65. The Morgan fingerprint density at radius 1 is 1.58 bits per heavy atom. The molecule has 0 unspecified atom stereocenters. The predicted octanol–water partition coefficient (Wildman–Crippen LogP) is 4.12. The summed E-state index contributed by atoms with van der Waals surface area (Å²) in [6.45, 7) is 1.74. The number of carbonyl (C=O) groups is 1. The summed E-state index contributed by atoms with van der Waals surface area (Å²) < 4.78 is 18.3. The number of rotatable bonds is 3. The lowest BCUT2D eigenvalue weighted by atomic mass is 10.3. The Labute approximate surface area is 115 Å². The van der Waals surface area contributed by atoms with Crippen molar-refractivity contribution in [3.8, 4) is 12.3 Å². The summed E-state index contributed by atoms with van der Waals surface area (Å²) >= 11 is 5.70. The van der Waals surface area contributed by atoms with E-state index in [-0.39, 0.29) is 11.4 Å². The number of terminal acetylenes is 1. The number of nitrogens with one attached hydrogen (secondary N) is 1. The van der Waals surface area contributed by atoms with E-state index >= 15 is 0 Å². The van der Waals surface area contributed by atoms with Crippen LogP contribution >= 0.6 is 11.6 Å². The van der Waals surface area contributed by atoms with Crippen LogP contribution in [0.5, 0.6) is 0 Å². The molecule has 1 aromatic carbocycles. The number of hydrogen-bond donors (Lipinski definition) is 1. The van der Waals surface area contributed by atoms with E-state index in [9.17, 15) is 9.18 Å². The van der Waals surface area contributed by atoms with Crippen LogP contribution in [0.3, 0.4) is 0 Å². The highest BCUT2D eigenvalue weighted by molar-refractivity contribution is 6.30. The third-order valence-electron chi connectivity index (χ3n) is 1.93. The first-order valence-corrected chi connectivity index (χ1v) is 5.67. The molecule has 1 N–H and O–H groups in total. The molecule has 0 fully saturated rings. The van der Waals surface area contributed by atoms with E-state index in [2.05, 4.69) is 11.2 Å². The SMILES string of the molecule is C#CC=C(C=CC)OC(=O)Nc1cc(Cl)ccc1F. The summed E-state index contributed by atoms with van der Waals surface area (Å²) in [5.74, 6) is 1.78. The molecule has 5 heteroatoms. The second-order valence-electron chi connectivity index (χ2n) is 3.35. The molecule has 0 saturated carbocycles. The molecule has 0 aliphatic rings. The van der Waals surface area contributed by atoms with Gasteiger partial charge in [-0.05, 0) is 31.2 Å². The number of carbonyl (C=O) groups excluding carboxylic acids is 1. The lowest BCUT2D eigenvalue weighted by Gasteiger charge is -2.07. The second kappa shape index (κ2) is 7.24. The zero-order valence-corrected chi connectivity index (χ0v) is 10.9. The molecule has 0 bridgehead atoms. The van der Waals surface area contributed by atoms with Crippen molar-refractivity contribution in [2.45, 2.75) is 6.92 Å². The van der Waals surface area contributed by atoms with E-state index in [1.54, 1.807) is 13.0 Å². The first-order chi connectivity index (χ1) is 9.06. The fourth-order valence-electron chi connectivity index (χ4n) is 1.19. The quantitative estimate of drug-likeness (QED) is 0.513. The van der Waals surface area contributed by atoms with Gasteiger partial charge >= 0.3 is 6.09 Å². The molecule has 0 aliphatic carbocycles. The summed E-state index contributed by atoms with van der Waals surface area (Å²) in [7, 11) is 0. The van der Waals surface area contributed by atoms with Gasteiger partial charge in [0.2, 0.25) is 0 Å². The van der Waals surface area contributed by atoms with Crippen LogP contribution < -0.4 is 5.32 Å². The number of ether oxygens (including phenoxy) is 1. The monoisotopic (exact) mass is 279 g/mol. The van der Waals surface area contributed by atoms with Crippen molar-refractivity contribution < 1.29 is 13.9 Å². The van der Waals surface area contributed by atoms with Gasteiger partial charge in [0.25, 0.3) is 0 Å². The first kappa shape index (κ1) is 14.8. The van der Waals surface area contributed by atoms with Gasteiger partial charge in [-0.2, -0.15) is 0 Å². The summed E-state index contributed by atoms with van der Waals surface area (Å²) in [6, 6.07) is 3.79. The maximum atomic E-state index is 13.4. The van der Waals surface area contributed by atoms with Crippen molar-refractivity contribution in [3.63, 3.8) is 0 Å². The number of amides is 1. The molecule has 0 saturated heterocycles. The number of allylic oxidation sites excluding steroid dienone is 3. The van der Waals surface area contributed by atoms with Crippen molar-refractivity contribution in [2.75, 3.05) is 5.32 Å². The maximum absolute atomic E-state index is 13.4. The summed E-state index contributed by atoms with van der Waals surface area (Å²) in [5, 5.41) is 2.53. The second-order valence-corrected chi connectivity index (χ2v) is 3.79. The molecule has 0 spiro atoms. The van der Waals surface area contributed by atoms with Crippen LogP contribution in [0.4, 0.5) is 14.9 Å². The van der Waals surface area contributed by atoms with E-state index in [1.807, 2.05) is 0 Å².